The van der Waals surface area contributed by atoms with E-state index in [1.54, 1.807) is 0 Å². The third-order valence-electron chi connectivity index (χ3n) is 6.09. The Labute approximate surface area is 276 Å². The van der Waals surface area contributed by atoms with Crippen LogP contribution in [0.15, 0.2) is 182 Å². The van der Waals surface area contributed by atoms with Gasteiger partial charge in [-0.1, -0.05) is 182 Å². The molecule has 0 saturated heterocycles. The van der Waals surface area contributed by atoms with Crippen LogP contribution in [-0.2, 0) is 0 Å². The molecule has 0 aliphatic carbocycles. The zero-order chi connectivity index (χ0) is 25.8. The fourth-order valence-corrected chi connectivity index (χ4v) is 8.97. The molecule has 0 amide bonds. The Hall–Kier alpha value is -2.24. The Bertz CT molecular complexity index is 1170. The van der Waals surface area contributed by atoms with Crippen molar-refractivity contribution in [3.8, 4) is 0 Å². The largest absolute Gasteiger partial charge is 0.0622 e. The normalized spacial score (nSPS) is 10.3. The van der Waals surface area contributed by atoms with Crippen molar-refractivity contribution in [1.82, 2.24) is 0 Å². The minimum Gasteiger partial charge on any atom is -0.0622 e. The van der Waals surface area contributed by atoms with Crippen LogP contribution in [-0.4, -0.2) is 0 Å². The molecule has 6 aromatic carbocycles. The number of hydrogen-bond acceptors (Lipinski definition) is 0. The van der Waals surface area contributed by atoms with Gasteiger partial charge in [-0.25, -0.2) is 0 Å². The van der Waals surface area contributed by atoms with Crippen LogP contribution in [0.4, 0.5) is 0 Å². The summed E-state index contributed by atoms with van der Waals surface area (Å²) in [4.78, 5) is 0. The molecule has 0 aliphatic rings. The minimum absolute atomic E-state index is 0. The van der Waals surface area contributed by atoms with Crippen molar-refractivity contribution in [2.75, 3.05) is 0 Å². The standard InChI is InChI=1S/2C18H15P.Eu/c2*1-4-10-16(11-5-1)19(17-12-6-2-7-13-17)18-14-8-3-9-15-18;/h2*1-15H;. The van der Waals surface area contributed by atoms with Crippen LogP contribution >= 0.6 is 15.8 Å². The van der Waals surface area contributed by atoms with Crippen LogP contribution < -0.4 is 31.8 Å². The fraction of sp³-hybridized carbons (Fsp3) is 0. The van der Waals surface area contributed by atoms with Gasteiger partial charge in [0, 0.05) is 49.4 Å². The summed E-state index contributed by atoms with van der Waals surface area (Å²) >= 11 is 0. The molecule has 6 rings (SSSR count). The summed E-state index contributed by atoms with van der Waals surface area (Å²) in [7, 11) is -0.892. The van der Waals surface area contributed by atoms with Gasteiger partial charge in [0.1, 0.15) is 0 Å². The molecule has 0 heterocycles. The van der Waals surface area contributed by atoms with E-state index in [2.05, 4.69) is 182 Å². The summed E-state index contributed by atoms with van der Waals surface area (Å²) in [6.07, 6.45) is 0. The van der Waals surface area contributed by atoms with E-state index in [4.69, 9.17) is 0 Å². The molecule has 0 spiro atoms. The predicted octanol–water partition coefficient (Wildman–Crippen LogP) is 6.89. The molecule has 0 unspecified atom stereocenters. The van der Waals surface area contributed by atoms with Gasteiger partial charge in [-0.2, -0.15) is 0 Å². The molecule has 1 radical (unpaired) electrons. The van der Waals surface area contributed by atoms with E-state index in [-0.39, 0.29) is 49.4 Å². The second-order valence-electron chi connectivity index (χ2n) is 8.68. The molecular weight excluding hydrogens is 646 g/mol. The van der Waals surface area contributed by atoms with E-state index in [0.29, 0.717) is 0 Å². The first-order valence-corrected chi connectivity index (χ1v) is 15.5. The Kier molecular flexibility index (Phi) is 12.3. The molecule has 0 N–H and O–H groups in total. The van der Waals surface area contributed by atoms with Crippen molar-refractivity contribution in [1.29, 1.82) is 0 Å². The molecule has 3 heteroatoms. The van der Waals surface area contributed by atoms with Crippen molar-refractivity contribution >= 4 is 47.7 Å². The molecular formula is C36H30EuP2. The molecule has 6 aromatic rings. The summed E-state index contributed by atoms with van der Waals surface area (Å²) < 4.78 is 0. The first-order chi connectivity index (χ1) is 18.9. The Morgan fingerprint density at radius 1 is 0.205 bits per heavy atom. The summed E-state index contributed by atoms with van der Waals surface area (Å²) in [5.74, 6) is 0. The van der Waals surface area contributed by atoms with Gasteiger partial charge in [0.2, 0.25) is 0 Å². The van der Waals surface area contributed by atoms with Crippen LogP contribution in [0.2, 0.25) is 0 Å². The predicted molar refractivity (Wildman–Crippen MR) is 170 cm³/mol. The van der Waals surface area contributed by atoms with Crippen molar-refractivity contribution in [3.05, 3.63) is 182 Å². The second kappa shape index (κ2) is 16.1. The summed E-state index contributed by atoms with van der Waals surface area (Å²) in [6.45, 7) is 0. The van der Waals surface area contributed by atoms with E-state index in [1.165, 1.54) is 31.8 Å². The van der Waals surface area contributed by atoms with E-state index < -0.39 is 15.8 Å². The summed E-state index contributed by atoms with van der Waals surface area (Å²) in [5, 5.41) is 8.39. The van der Waals surface area contributed by atoms with Crippen LogP contribution in [0.25, 0.3) is 0 Å². The molecule has 0 aliphatic heterocycles. The topological polar surface area (TPSA) is 0 Å². The zero-order valence-electron chi connectivity index (χ0n) is 21.6. The summed E-state index contributed by atoms with van der Waals surface area (Å²) in [5.41, 5.74) is 0. The first-order valence-electron chi connectivity index (χ1n) is 12.8. The third kappa shape index (κ3) is 8.38. The van der Waals surface area contributed by atoms with Crippen molar-refractivity contribution < 1.29 is 49.4 Å². The molecule has 0 atom stereocenters. The Balaban J connectivity index is 0.000000176. The average Bonchev–Trinajstić information content (AvgIpc) is 3.01. The van der Waals surface area contributed by atoms with Gasteiger partial charge in [-0.05, 0) is 47.7 Å². The maximum absolute atomic E-state index is 2.23. The van der Waals surface area contributed by atoms with E-state index in [9.17, 15) is 0 Å². The average molecular weight is 677 g/mol. The number of hydrogen-bond donors (Lipinski definition) is 0. The van der Waals surface area contributed by atoms with Crippen LogP contribution in [0, 0.1) is 49.4 Å². The quantitative estimate of drug-likeness (QED) is 0.169. The Morgan fingerprint density at radius 2 is 0.333 bits per heavy atom. The molecule has 0 bridgehead atoms. The molecule has 0 aromatic heterocycles. The number of benzene rings is 6. The minimum atomic E-state index is -0.446. The zero-order valence-corrected chi connectivity index (χ0v) is 25.8. The molecule has 0 fully saturated rings. The summed E-state index contributed by atoms with van der Waals surface area (Å²) in [6, 6.07) is 64.7. The maximum atomic E-state index is 2.23. The second-order valence-corrected chi connectivity index (χ2v) is 13.1. The van der Waals surface area contributed by atoms with Crippen LogP contribution in [0.3, 0.4) is 0 Å². The Morgan fingerprint density at radius 3 is 0.462 bits per heavy atom. The van der Waals surface area contributed by atoms with Crippen LogP contribution in [0.1, 0.15) is 0 Å². The van der Waals surface area contributed by atoms with E-state index in [1.807, 2.05) is 0 Å². The fourth-order valence-electron chi connectivity index (χ4n) is 4.36. The number of rotatable bonds is 6. The van der Waals surface area contributed by atoms with Crippen LogP contribution in [0.5, 0.6) is 0 Å². The third-order valence-corrected chi connectivity index (χ3v) is 11.0. The van der Waals surface area contributed by atoms with Crippen molar-refractivity contribution in [2.24, 2.45) is 0 Å². The molecule has 39 heavy (non-hydrogen) atoms. The molecule has 0 saturated carbocycles. The van der Waals surface area contributed by atoms with Crippen molar-refractivity contribution in [2.45, 2.75) is 0 Å². The van der Waals surface area contributed by atoms with Crippen molar-refractivity contribution in [3.63, 3.8) is 0 Å². The maximum Gasteiger partial charge on any atom is 0 e. The molecule has 0 nitrogen and oxygen atoms in total. The first kappa shape index (κ1) is 29.7. The van der Waals surface area contributed by atoms with Gasteiger partial charge in [-0.3, -0.25) is 0 Å². The van der Waals surface area contributed by atoms with Gasteiger partial charge in [0.15, 0.2) is 0 Å². The van der Waals surface area contributed by atoms with Gasteiger partial charge in [0.05, 0.1) is 0 Å². The molecule has 191 valence electrons. The van der Waals surface area contributed by atoms with Gasteiger partial charge in [-0.15, -0.1) is 0 Å². The smallest absolute Gasteiger partial charge is 0 e. The van der Waals surface area contributed by atoms with E-state index >= 15 is 0 Å². The monoisotopic (exact) mass is 677 g/mol. The SMILES string of the molecule is [Eu].c1ccc(P(c2ccccc2)c2ccccc2)cc1.c1ccc(P(c2ccccc2)c2ccccc2)cc1. The van der Waals surface area contributed by atoms with Gasteiger partial charge < -0.3 is 0 Å². The van der Waals surface area contributed by atoms with E-state index in [0.717, 1.165) is 0 Å². The van der Waals surface area contributed by atoms with Gasteiger partial charge in [0.25, 0.3) is 0 Å². The van der Waals surface area contributed by atoms with Gasteiger partial charge >= 0.3 is 0 Å².